The second kappa shape index (κ2) is 8.32. The Morgan fingerprint density at radius 2 is 1.72 bits per heavy atom. The summed E-state index contributed by atoms with van der Waals surface area (Å²) >= 11 is 0. The quantitative estimate of drug-likeness (QED) is 0.668. The number of methoxy groups -OCH3 is 2. The van der Waals surface area contributed by atoms with Gasteiger partial charge in [0.2, 0.25) is 0 Å². The number of hydrogen-bond acceptors (Lipinski definition) is 6. The zero-order chi connectivity index (χ0) is 17.5. The van der Waals surface area contributed by atoms with Crippen LogP contribution in [0, 0.1) is 0 Å². The molecule has 0 unspecified atom stereocenters. The predicted octanol–water partition coefficient (Wildman–Crippen LogP) is 3.24. The minimum atomic E-state index is -0.350. The molecule has 2 aromatic heterocycles. The molecule has 0 atom stereocenters. The Bertz CT molecular complexity index is 735. The number of benzene rings is 1. The van der Waals surface area contributed by atoms with Crippen molar-refractivity contribution in [1.29, 1.82) is 0 Å². The number of ether oxygens (including phenoxy) is 2. The summed E-state index contributed by atoms with van der Waals surface area (Å²) in [4.78, 5) is 13.4. The van der Waals surface area contributed by atoms with Gasteiger partial charge in [0.15, 0.2) is 12.1 Å². The van der Waals surface area contributed by atoms with Gasteiger partial charge < -0.3 is 14.8 Å². The summed E-state index contributed by atoms with van der Waals surface area (Å²) in [7, 11) is 3.21. The van der Waals surface area contributed by atoms with Crippen LogP contribution in [0.4, 0.5) is 5.82 Å². The Labute approximate surface area is 146 Å². The third-order valence-corrected chi connectivity index (χ3v) is 3.69. The number of nitrogens with one attached hydrogen (secondary N) is 1. The largest absolute Gasteiger partial charge is 0.365 e. The first-order valence-corrected chi connectivity index (χ1v) is 7.94. The summed E-state index contributed by atoms with van der Waals surface area (Å²) in [5.41, 5.74) is 2.72. The van der Waals surface area contributed by atoms with Crippen LogP contribution >= 0.6 is 0 Å². The smallest absolute Gasteiger partial charge is 0.173 e. The molecule has 6 nitrogen and oxygen atoms in total. The maximum Gasteiger partial charge on any atom is 0.173 e. The average molecular weight is 336 g/mol. The van der Waals surface area contributed by atoms with Gasteiger partial charge in [-0.2, -0.15) is 0 Å². The van der Waals surface area contributed by atoms with Gasteiger partial charge in [-0.15, -0.1) is 0 Å². The second-order valence-electron chi connectivity index (χ2n) is 5.35. The molecule has 0 bridgehead atoms. The van der Waals surface area contributed by atoms with Crippen molar-refractivity contribution in [2.24, 2.45) is 0 Å². The third-order valence-electron chi connectivity index (χ3n) is 3.69. The average Bonchev–Trinajstić information content (AvgIpc) is 2.70. The third kappa shape index (κ3) is 4.37. The van der Waals surface area contributed by atoms with Gasteiger partial charge in [0.25, 0.3) is 0 Å². The lowest BCUT2D eigenvalue weighted by atomic mass is 10.1. The number of nitrogens with zero attached hydrogens (tertiary/aromatic N) is 3. The number of anilines is 1. The van der Waals surface area contributed by atoms with Crippen molar-refractivity contribution in [1.82, 2.24) is 15.0 Å². The van der Waals surface area contributed by atoms with Crippen LogP contribution in [0.2, 0.25) is 0 Å². The van der Waals surface area contributed by atoms with E-state index in [4.69, 9.17) is 9.47 Å². The van der Waals surface area contributed by atoms with Crippen LogP contribution in [-0.4, -0.2) is 42.0 Å². The van der Waals surface area contributed by atoms with Crippen LogP contribution in [-0.2, 0) is 9.47 Å². The van der Waals surface area contributed by atoms with E-state index in [1.807, 2.05) is 48.5 Å². The molecule has 2 heterocycles. The van der Waals surface area contributed by atoms with Gasteiger partial charge in [-0.25, -0.2) is 9.97 Å². The first kappa shape index (κ1) is 17.0. The predicted molar refractivity (Wildman–Crippen MR) is 97.0 cm³/mol. The van der Waals surface area contributed by atoms with Crippen molar-refractivity contribution in [3.63, 3.8) is 0 Å². The van der Waals surface area contributed by atoms with Gasteiger partial charge in [-0.3, -0.25) is 4.98 Å². The molecule has 0 radical (unpaired) electrons. The van der Waals surface area contributed by atoms with Crippen LogP contribution in [0.25, 0.3) is 22.6 Å². The Morgan fingerprint density at radius 1 is 0.960 bits per heavy atom. The van der Waals surface area contributed by atoms with E-state index in [9.17, 15) is 0 Å². The molecule has 0 aliphatic heterocycles. The van der Waals surface area contributed by atoms with Crippen LogP contribution in [0.5, 0.6) is 0 Å². The van der Waals surface area contributed by atoms with Gasteiger partial charge in [-0.05, 0) is 12.1 Å². The minimum Gasteiger partial charge on any atom is -0.365 e. The standard InChI is InChI=1S/C19H20N4O2/c1-24-18(25-2)13-21-17-11-16(14-7-4-3-5-8-14)22-19(23-17)15-9-6-10-20-12-15/h3-12,18H,13H2,1-2H3,(H,21,22,23). The highest BCUT2D eigenvalue weighted by Crippen LogP contribution is 2.23. The maximum atomic E-state index is 5.21. The minimum absolute atomic E-state index is 0.350. The molecule has 6 heteroatoms. The topological polar surface area (TPSA) is 69.2 Å². The van der Waals surface area contributed by atoms with Crippen molar-refractivity contribution in [3.8, 4) is 22.6 Å². The Balaban J connectivity index is 1.97. The van der Waals surface area contributed by atoms with Gasteiger partial charge in [0.05, 0.1) is 12.2 Å². The molecule has 0 aliphatic carbocycles. The zero-order valence-electron chi connectivity index (χ0n) is 14.2. The van der Waals surface area contributed by atoms with Crippen molar-refractivity contribution in [2.45, 2.75) is 6.29 Å². The summed E-state index contributed by atoms with van der Waals surface area (Å²) in [6.07, 6.45) is 3.13. The number of rotatable bonds is 7. The van der Waals surface area contributed by atoms with Gasteiger partial charge >= 0.3 is 0 Å². The van der Waals surface area contributed by atoms with E-state index in [2.05, 4.69) is 20.3 Å². The maximum absolute atomic E-state index is 5.21. The van der Waals surface area contributed by atoms with Crippen LogP contribution < -0.4 is 5.32 Å². The number of pyridine rings is 1. The van der Waals surface area contributed by atoms with E-state index >= 15 is 0 Å². The molecule has 1 aromatic carbocycles. The highest BCUT2D eigenvalue weighted by Gasteiger charge is 2.10. The summed E-state index contributed by atoms with van der Waals surface area (Å²) in [5, 5.41) is 3.25. The summed E-state index contributed by atoms with van der Waals surface area (Å²) < 4.78 is 10.4. The molecule has 25 heavy (non-hydrogen) atoms. The highest BCUT2D eigenvalue weighted by atomic mass is 16.7. The molecule has 0 saturated carbocycles. The van der Waals surface area contributed by atoms with Gasteiger partial charge in [0, 0.05) is 43.8 Å². The molecule has 3 aromatic rings. The molecule has 128 valence electrons. The van der Waals surface area contributed by atoms with Crippen LogP contribution in [0.1, 0.15) is 0 Å². The SMILES string of the molecule is COC(CNc1cc(-c2ccccc2)nc(-c2cccnc2)n1)OC. The first-order valence-electron chi connectivity index (χ1n) is 7.94. The lowest BCUT2D eigenvalue weighted by Crippen LogP contribution is -2.24. The molecule has 0 saturated heterocycles. The zero-order valence-corrected chi connectivity index (χ0v) is 14.2. The lowest BCUT2D eigenvalue weighted by Gasteiger charge is -2.15. The fourth-order valence-electron chi connectivity index (χ4n) is 2.37. The number of aromatic nitrogens is 3. The summed E-state index contributed by atoms with van der Waals surface area (Å²) in [6.45, 7) is 0.477. The lowest BCUT2D eigenvalue weighted by molar-refractivity contribution is -0.0914. The second-order valence-corrected chi connectivity index (χ2v) is 5.35. The fourth-order valence-corrected chi connectivity index (χ4v) is 2.37. The van der Waals surface area contributed by atoms with E-state index in [0.717, 1.165) is 16.8 Å². The molecular weight excluding hydrogens is 316 g/mol. The van der Waals surface area contributed by atoms with E-state index in [1.165, 1.54) is 0 Å². The Hall–Kier alpha value is -2.83. The highest BCUT2D eigenvalue weighted by molar-refractivity contribution is 5.67. The van der Waals surface area contributed by atoms with Crippen molar-refractivity contribution in [3.05, 3.63) is 60.9 Å². The number of hydrogen-bond donors (Lipinski definition) is 1. The normalized spacial score (nSPS) is 10.8. The molecular formula is C19H20N4O2. The summed E-state index contributed by atoms with van der Waals surface area (Å²) in [6, 6.07) is 15.7. The van der Waals surface area contributed by atoms with E-state index in [1.54, 1.807) is 26.6 Å². The van der Waals surface area contributed by atoms with E-state index < -0.39 is 0 Å². The molecule has 1 N–H and O–H groups in total. The van der Waals surface area contributed by atoms with E-state index in [0.29, 0.717) is 18.2 Å². The van der Waals surface area contributed by atoms with Crippen LogP contribution in [0.3, 0.4) is 0 Å². The van der Waals surface area contributed by atoms with E-state index in [-0.39, 0.29) is 6.29 Å². The molecule has 3 rings (SSSR count). The summed E-state index contributed by atoms with van der Waals surface area (Å²) in [5.74, 6) is 1.31. The molecule has 0 aliphatic rings. The first-order chi connectivity index (χ1) is 12.3. The van der Waals surface area contributed by atoms with Gasteiger partial charge in [-0.1, -0.05) is 30.3 Å². The fraction of sp³-hybridized carbons (Fsp3) is 0.211. The van der Waals surface area contributed by atoms with Crippen molar-refractivity contribution < 1.29 is 9.47 Å². The molecule has 0 spiro atoms. The molecule has 0 fully saturated rings. The van der Waals surface area contributed by atoms with Crippen LogP contribution in [0.15, 0.2) is 60.9 Å². The molecule has 0 amide bonds. The Kier molecular flexibility index (Phi) is 5.66. The Morgan fingerprint density at radius 3 is 2.40 bits per heavy atom. The van der Waals surface area contributed by atoms with Crippen molar-refractivity contribution in [2.75, 3.05) is 26.1 Å². The van der Waals surface area contributed by atoms with Crippen molar-refractivity contribution >= 4 is 5.82 Å². The monoisotopic (exact) mass is 336 g/mol. The van der Waals surface area contributed by atoms with Gasteiger partial charge in [0.1, 0.15) is 5.82 Å².